The highest BCUT2D eigenvalue weighted by Gasteiger charge is 2.24. The molecule has 2 heterocycles. The zero-order chi connectivity index (χ0) is 33.7. The van der Waals surface area contributed by atoms with E-state index in [-0.39, 0.29) is 0 Å². The van der Waals surface area contributed by atoms with Gasteiger partial charge in [-0.25, -0.2) is 0 Å². The maximum atomic E-state index is 2.41. The summed E-state index contributed by atoms with van der Waals surface area (Å²) in [6.45, 7) is 0. The molecule has 0 bridgehead atoms. The van der Waals surface area contributed by atoms with Gasteiger partial charge in [-0.1, -0.05) is 169 Å². The Morgan fingerprint density at radius 2 is 0.882 bits per heavy atom. The second-order valence-electron chi connectivity index (χ2n) is 12.8. The Balaban J connectivity index is 1.28. The van der Waals surface area contributed by atoms with E-state index >= 15 is 0 Å². The van der Waals surface area contributed by atoms with Gasteiger partial charge in [-0.15, -0.1) is 0 Å². The Hall–Kier alpha value is -5.74. The molecule has 1 nitrogen and oxygen atoms in total. The third-order valence-electron chi connectivity index (χ3n) is 9.89. The summed E-state index contributed by atoms with van der Waals surface area (Å²) in [6, 6.07) is 68.8. The molecule has 0 spiro atoms. The van der Waals surface area contributed by atoms with Crippen LogP contribution in [0.4, 0.5) is 0 Å². The van der Waals surface area contributed by atoms with E-state index < -0.39 is 0 Å². The van der Waals surface area contributed by atoms with Crippen LogP contribution in [0.25, 0.3) is 72.0 Å². The van der Waals surface area contributed by atoms with Gasteiger partial charge in [0.15, 0.2) is 0 Å². The molecule has 240 valence electrons. The fourth-order valence-electron chi connectivity index (χ4n) is 7.59. The number of fused-ring (bicyclic) bond motifs is 9. The largest absolute Gasteiger partial charge is 0.309 e. The molecule has 0 saturated heterocycles. The predicted molar refractivity (Wildman–Crippen MR) is 217 cm³/mol. The second-order valence-corrected chi connectivity index (χ2v) is 15.0. The zero-order valence-corrected chi connectivity index (χ0v) is 29.3. The molecule has 0 aliphatic carbocycles. The maximum Gasteiger partial charge on any atom is 0.0547 e. The smallest absolute Gasteiger partial charge is 0.0547 e. The number of benzene rings is 8. The molecule has 0 saturated carbocycles. The topological polar surface area (TPSA) is 4.93 Å². The standard InChI is InChI=1S/C48H31NS2/c1-3-15-32(16-4-1)33-29-30-37-35-19-8-11-27-44(35)50-45-28-12-9-20-36(45)39-23-13-24-40(48(39)51-46(37)31-33)38-22-14-26-43-47(38)41-21-7-10-25-42(41)49(43)34-17-5-2-6-18-34/h1-31H. The average Bonchev–Trinajstić information content (AvgIpc) is 3.54. The molecule has 0 unspecified atom stereocenters. The first kappa shape index (κ1) is 30.1. The maximum absolute atomic E-state index is 2.41. The lowest BCUT2D eigenvalue weighted by Gasteiger charge is -2.22. The van der Waals surface area contributed by atoms with Crippen LogP contribution < -0.4 is 0 Å². The van der Waals surface area contributed by atoms with E-state index in [2.05, 4.69) is 193 Å². The van der Waals surface area contributed by atoms with Gasteiger partial charge in [0.2, 0.25) is 0 Å². The Morgan fingerprint density at radius 3 is 1.67 bits per heavy atom. The molecule has 51 heavy (non-hydrogen) atoms. The van der Waals surface area contributed by atoms with Crippen molar-refractivity contribution < 1.29 is 0 Å². The van der Waals surface area contributed by atoms with Gasteiger partial charge in [0.05, 0.1) is 11.0 Å². The van der Waals surface area contributed by atoms with Crippen molar-refractivity contribution in [3.63, 3.8) is 0 Å². The molecule has 0 atom stereocenters. The van der Waals surface area contributed by atoms with E-state index in [1.54, 1.807) is 0 Å². The van der Waals surface area contributed by atoms with Crippen molar-refractivity contribution in [2.45, 2.75) is 19.6 Å². The summed E-state index contributed by atoms with van der Waals surface area (Å²) in [4.78, 5) is 5.03. The van der Waals surface area contributed by atoms with Crippen molar-refractivity contribution >= 4 is 45.3 Å². The van der Waals surface area contributed by atoms with Gasteiger partial charge < -0.3 is 4.57 Å². The lowest BCUT2D eigenvalue weighted by atomic mass is 9.95. The van der Waals surface area contributed by atoms with E-state index in [0.717, 1.165) is 0 Å². The summed E-state index contributed by atoms with van der Waals surface area (Å²) in [7, 11) is 0. The number of aromatic nitrogens is 1. The molecule has 8 aromatic carbocycles. The van der Waals surface area contributed by atoms with Gasteiger partial charge in [-0.3, -0.25) is 0 Å². The lowest BCUT2D eigenvalue weighted by Crippen LogP contribution is -1.95. The molecule has 0 N–H and O–H groups in total. The Bertz CT molecular complexity index is 2740. The summed E-state index contributed by atoms with van der Waals surface area (Å²) < 4.78 is 2.41. The highest BCUT2D eigenvalue weighted by atomic mass is 32.2. The van der Waals surface area contributed by atoms with E-state index in [4.69, 9.17) is 0 Å². The number of para-hydroxylation sites is 2. The van der Waals surface area contributed by atoms with Crippen LogP contribution in [-0.2, 0) is 0 Å². The van der Waals surface area contributed by atoms with Crippen LogP contribution in [0.3, 0.4) is 0 Å². The molecular weight excluding hydrogens is 655 g/mol. The summed E-state index contributed by atoms with van der Waals surface area (Å²) in [6.07, 6.45) is 0. The van der Waals surface area contributed by atoms with Crippen LogP contribution in [0.15, 0.2) is 208 Å². The molecule has 1 aliphatic rings. The normalized spacial score (nSPS) is 12.2. The minimum atomic E-state index is 1.17. The minimum absolute atomic E-state index is 1.17. The minimum Gasteiger partial charge on any atom is -0.309 e. The van der Waals surface area contributed by atoms with Gasteiger partial charge in [0.25, 0.3) is 0 Å². The van der Waals surface area contributed by atoms with E-state index in [1.165, 1.54) is 91.6 Å². The summed E-state index contributed by atoms with van der Waals surface area (Å²) in [5.41, 5.74) is 13.5. The predicted octanol–water partition coefficient (Wildman–Crippen LogP) is 14.1. The quantitative estimate of drug-likeness (QED) is 0.182. The van der Waals surface area contributed by atoms with Crippen LogP contribution >= 0.6 is 23.5 Å². The average molecular weight is 686 g/mol. The fraction of sp³-hybridized carbons (Fsp3) is 0. The second kappa shape index (κ2) is 12.5. The van der Waals surface area contributed by atoms with Crippen molar-refractivity contribution in [3.8, 4) is 50.2 Å². The molecule has 1 aliphatic heterocycles. The van der Waals surface area contributed by atoms with Crippen molar-refractivity contribution in [2.75, 3.05) is 0 Å². The van der Waals surface area contributed by atoms with Crippen LogP contribution in [0, 0.1) is 0 Å². The van der Waals surface area contributed by atoms with Crippen molar-refractivity contribution in [1.29, 1.82) is 0 Å². The van der Waals surface area contributed by atoms with Gasteiger partial charge in [-0.2, -0.15) is 0 Å². The summed E-state index contributed by atoms with van der Waals surface area (Å²) in [5, 5.41) is 2.53. The highest BCUT2D eigenvalue weighted by Crippen LogP contribution is 2.52. The van der Waals surface area contributed by atoms with Gasteiger partial charge in [0.1, 0.15) is 0 Å². The van der Waals surface area contributed by atoms with E-state index in [9.17, 15) is 0 Å². The van der Waals surface area contributed by atoms with Crippen LogP contribution in [0.5, 0.6) is 0 Å². The first-order chi connectivity index (χ1) is 25.3. The molecule has 3 heteroatoms. The van der Waals surface area contributed by atoms with E-state index in [1.807, 2.05) is 23.5 Å². The molecule has 0 radical (unpaired) electrons. The molecule has 1 aromatic heterocycles. The summed E-state index contributed by atoms with van der Waals surface area (Å²) in [5.74, 6) is 0. The van der Waals surface area contributed by atoms with Gasteiger partial charge >= 0.3 is 0 Å². The van der Waals surface area contributed by atoms with Gasteiger partial charge in [0, 0.05) is 36.0 Å². The molecule has 9 aromatic rings. The van der Waals surface area contributed by atoms with Crippen LogP contribution in [-0.4, -0.2) is 4.57 Å². The number of hydrogen-bond acceptors (Lipinski definition) is 2. The van der Waals surface area contributed by atoms with Gasteiger partial charge in [-0.05, 0) is 87.0 Å². The highest BCUT2D eigenvalue weighted by molar-refractivity contribution is 8.00. The Kier molecular flexibility index (Phi) is 7.41. The van der Waals surface area contributed by atoms with Crippen LogP contribution in [0.1, 0.15) is 0 Å². The molecular formula is C48H31NS2. The third kappa shape index (κ3) is 5.12. The van der Waals surface area contributed by atoms with Crippen molar-refractivity contribution in [3.05, 3.63) is 188 Å². The monoisotopic (exact) mass is 685 g/mol. The fourth-order valence-corrected chi connectivity index (χ4v) is 9.97. The molecule has 0 fully saturated rings. The third-order valence-corrected chi connectivity index (χ3v) is 12.2. The Labute approximate surface area is 306 Å². The molecule has 0 amide bonds. The summed E-state index contributed by atoms with van der Waals surface area (Å²) >= 11 is 3.76. The van der Waals surface area contributed by atoms with Crippen molar-refractivity contribution in [2.24, 2.45) is 0 Å². The first-order valence-corrected chi connectivity index (χ1v) is 18.9. The SMILES string of the molecule is c1ccc(-c2ccc3c(c2)Sc2c(cccc2-c2cccc4c2c2ccccc2n4-c2ccccc2)-c2ccccc2Sc2ccccc2-3)cc1. The number of rotatable bonds is 3. The lowest BCUT2D eigenvalue weighted by molar-refractivity contribution is 1.18. The van der Waals surface area contributed by atoms with E-state index in [0.29, 0.717) is 0 Å². The van der Waals surface area contributed by atoms with Crippen LogP contribution in [0.2, 0.25) is 0 Å². The molecule has 10 rings (SSSR count). The van der Waals surface area contributed by atoms with Crippen molar-refractivity contribution in [1.82, 2.24) is 4.57 Å². The first-order valence-electron chi connectivity index (χ1n) is 17.3. The Morgan fingerprint density at radius 1 is 0.333 bits per heavy atom. The number of hydrogen-bond donors (Lipinski definition) is 0. The zero-order valence-electron chi connectivity index (χ0n) is 27.7. The number of nitrogens with zero attached hydrogens (tertiary/aromatic N) is 1.